The van der Waals surface area contributed by atoms with E-state index in [0.29, 0.717) is 16.3 Å². The first-order valence-electron chi connectivity index (χ1n) is 6.84. The maximum Gasteiger partial charge on any atom is 0.274 e. The molecule has 3 aromatic rings. The molecule has 0 fully saturated rings. The molecule has 0 saturated heterocycles. The van der Waals surface area contributed by atoms with Gasteiger partial charge in [0.2, 0.25) is 0 Å². The molecule has 0 radical (unpaired) electrons. The summed E-state index contributed by atoms with van der Waals surface area (Å²) in [5.74, 6) is -0.315. The van der Waals surface area contributed by atoms with Gasteiger partial charge in [-0.25, -0.2) is 4.68 Å². The van der Waals surface area contributed by atoms with E-state index in [-0.39, 0.29) is 5.91 Å². The third kappa shape index (κ3) is 3.51. The van der Waals surface area contributed by atoms with Gasteiger partial charge >= 0.3 is 0 Å². The third-order valence-corrected chi connectivity index (χ3v) is 4.13. The molecule has 2 aromatic heterocycles. The largest absolute Gasteiger partial charge is 0.321 e. The van der Waals surface area contributed by atoms with Crippen LogP contribution >= 0.6 is 0 Å². The van der Waals surface area contributed by atoms with Crippen molar-refractivity contribution >= 4 is 22.4 Å². The number of aromatic nitrogens is 3. The van der Waals surface area contributed by atoms with Gasteiger partial charge in [-0.3, -0.25) is 14.0 Å². The predicted octanol–water partition coefficient (Wildman–Crippen LogP) is 2.26. The van der Waals surface area contributed by atoms with Gasteiger partial charge in [0.25, 0.3) is 5.91 Å². The monoisotopic (exact) mass is 326 g/mol. The van der Waals surface area contributed by atoms with Crippen LogP contribution in [-0.4, -0.2) is 31.1 Å². The van der Waals surface area contributed by atoms with Crippen LogP contribution < -0.4 is 5.32 Å². The van der Waals surface area contributed by atoms with E-state index in [2.05, 4.69) is 15.4 Å². The van der Waals surface area contributed by atoms with Crippen LogP contribution in [0.3, 0.4) is 0 Å². The fourth-order valence-corrected chi connectivity index (χ4v) is 2.55. The number of nitrogens with zero attached hydrogens (tertiary/aromatic N) is 3. The van der Waals surface area contributed by atoms with Gasteiger partial charge in [-0.15, -0.1) is 0 Å². The Kier molecular flexibility index (Phi) is 4.29. The van der Waals surface area contributed by atoms with Gasteiger partial charge in [-0.2, -0.15) is 5.10 Å². The fraction of sp³-hybridized carbons (Fsp3) is 0.0625. The van der Waals surface area contributed by atoms with Gasteiger partial charge in [-0.05, 0) is 42.5 Å². The number of hydrogen-bond donors (Lipinski definition) is 1. The highest BCUT2D eigenvalue weighted by molar-refractivity contribution is 7.84. The van der Waals surface area contributed by atoms with Gasteiger partial charge in [0.1, 0.15) is 5.69 Å². The molecule has 1 amide bonds. The normalized spacial score (nSPS) is 11.9. The SMILES string of the molecule is C[S@](=O)c1ccc(NC(=O)c2cc(-n3cccn3)ccn2)cc1. The first-order valence-corrected chi connectivity index (χ1v) is 8.40. The molecule has 0 bridgehead atoms. The second-order valence-corrected chi connectivity index (χ2v) is 6.16. The number of carbonyl (C=O) groups excluding carboxylic acids is 1. The van der Waals surface area contributed by atoms with Crippen LogP contribution in [0.2, 0.25) is 0 Å². The Morgan fingerprint density at radius 3 is 2.61 bits per heavy atom. The lowest BCUT2D eigenvalue weighted by Gasteiger charge is -2.07. The Labute approximate surface area is 135 Å². The van der Waals surface area contributed by atoms with Gasteiger partial charge in [0.05, 0.1) is 5.69 Å². The van der Waals surface area contributed by atoms with E-state index >= 15 is 0 Å². The highest BCUT2D eigenvalue weighted by Crippen LogP contribution is 2.14. The highest BCUT2D eigenvalue weighted by atomic mass is 32.2. The highest BCUT2D eigenvalue weighted by Gasteiger charge is 2.09. The van der Waals surface area contributed by atoms with Crippen molar-refractivity contribution in [3.05, 3.63) is 66.7 Å². The summed E-state index contributed by atoms with van der Waals surface area (Å²) in [6.45, 7) is 0. The van der Waals surface area contributed by atoms with E-state index in [9.17, 15) is 9.00 Å². The summed E-state index contributed by atoms with van der Waals surface area (Å²) < 4.78 is 13.0. The quantitative estimate of drug-likeness (QED) is 0.798. The number of amides is 1. The van der Waals surface area contributed by atoms with Crippen LogP contribution in [0.15, 0.2) is 66.0 Å². The minimum absolute atomic E-state index is 0.293. The molecular weight excluding hydrogens is 312 g/mol. The van der Waals surface area contributed by atoms with Gasteiger partial charge in [0, 0.05) is 46.2 Å². The van der Waals surface area contributed by atoms with Crippen molar-refractivity contribution in [2.24, 2.45) is 0 Å². The molecule has 7 heteroatoms. The third-order valence-electron chi connectivity index (χ3n) is 3.19. The molecule has 0 spiro atoms. The minimum Gasteiger partial charge on any atom is -0.321 e. The van der Waals surface area contributed by atoms with E-state index in [1.54, 1.807) is 72.0 Å². The lowest BCUT2D eigenvalue weighted by Crippen LogP contribution is -2.14. The van der Waals surface area contributed by atoms with Crippen LogP contribution in [0.5, 0.6) is 0 Å². The smallest absolute Gasteiger partial charge is 0.274 e. The van der Waals surface area contributed by atoms with Crippen molar-refractivity contribution in [3.8, 4) is 5.69 Å². The molecule has 1 aromatic carbocycles. The van der Waals surface area contributed by atoms with Gasteiger partial charge in [-0.1, -0.05) is 0 Å². The summed E-state index contributed by atoms with van der Waals surface area (Å²) in [5, 5.41) is 6.89. The van der Waals surface area contributed by atoms with Gasteiger partial charge in [0.15, 0.2) is 0 Å². The second-order valence-electron chi connectivity index (χ2n) is 4.78. The number of rotatable bonds is 4. The zero-order chi connectivity index (χ0) is 16.2. The molecule has 0 aliphatic rings. The molecule has 0 saturated carbocycles. The number of anilines is 1. The second kappa shape index (κ2) is 6.53. The van der Waals surface area contributed by atoms with Crippen molar-refractivity contribution < 1.29 is 9.00 Å². The minimum atomic E-state index is -1.04. The van der Waals surface area contributed by atoms with Crippen molar-refractivity contribution in [1.29, 1.82) is 0 Å². The molecule has 0 aliphatic heterocycles. The molecule has 1 N–H and O–H groups in total. The summed E-state index contributed by atoms with van der Waals surface area (Å²) in [5.41, 5.74) is 1.67. The average Bonchev–Trinajstić information content (AvgIpc) is 3.10. The summed E-state index contributed by atoms with van der Waals surface area (Å²) in [7, 11) is -1.04. The summed E-state index contributed by atoms with van der Waals surface area (Å²) in [4.78, 5) is 17.1. The lowest BCUT2D eigenvalue weighted by atomic mass is 10.2. The number of nitrogens with one attached hydrogen (secondary N) is 1. The zero-order valence-corrected chi connectivity index (χ0v) is 13.2. The van der Waals surface area contributed by atoms with E-state index in [0.717, 1.165) is 5.69 Å². The summed E-state index contributed by atoms with van der Waals surface area (Å²) in [6.07, 6.45) is 6.63. The fourth-order valence-electron chi connectivity index (χ4n) is 2.03. The van der Waals surface area contributed by atoms with Crippen LogP contribution in [0.25, 0.3) is 5.69 Å². The maximum absolute atomic E-state index is 12.3. The predicted molar refractivity (Wildman–Crippen MR) is 88.1 cm³/mol. The standard InChI is InChI=1S/C16H14N4O2S/c1-23(22)14-5-3-12(4-6-14)19-16(21)15-11-13(7-9-17-15)20-10-2-8-18-20/h2-11H,1H3,(H,19,21)/t23-/m0/s1. The molecule has 1 atom stereocenters. The van der Waals surface area contributed by atoms with Crippen LogP contribution in [0.1, 0.15) is 10.5 Å². The Balaban J connectivity index is 1.78. The molecule has 0 aliphatic carbocycles. The Morgan fingerprint density at radius 1 is 1.17 bits per heavy atom. The first-order chi connectivity index (χ1) is 11.1. The zero-order valence-electron chi connectivity index (χ0n) is 12.3. The van der Waals surface area contributed by atoms with Crippen LogP contribution in [-0.2, 0) is 10.8 Å². The number of hydrogen-bond acceptors (Lipinski definition) is 4. The average molecular weight is 326 g/mol. The van der Waals surface area contributed by atoms with Crippen LogP contribution in [0.4, 0.5) is 5.69 Å². The Bertz CT molecular complexity index is 845. The van der Waals surface area contributed by atoms with Crippen molar-refractivity contribution in [3.63, 3.8) is 0 Å². The van der Waals surface area contributed by atoms with Crippen molar-refractivity contribution in [2.75, 3.05) is 11.6 Å². The number of carbonyl (C=O) groups is 1. The molecule has 3 rings (SSSR count). The topological polar surface area (TPSA) is 76.9 Å². The molecule has 116 valence electrons. The molecule has 6 nitrogen and oxygen atoms in total. The lowest BCUT2D eigenvalue weighted by molar-refractivity contribution is 0.102. The molecule has 23 heavy (non-hydrogen) atoms. The van der Waals surface area contributed by atoms with Gasteiger partial charge < -0.3 is 5.32 Å². The molecule has 0 unspecified atom stereocenters. The molecular formula is C16H14N4O2S. The number of pyridine rings is 1. The number of benzene rings is 1. The molecule has 2 heterocycles. The Hall–Kier alpha value is -2.80. The van der Waals surface area contributed by atoms with E-state index in [4.69, 9.17) is 0 Å². The van der Waals surface area contributed by atoms with Crippen LogP contribution in [0, 0.1) is 0 Å². The summed E-state index contributed by atoms with van der Waals surface area (Å²) in [6, 6.07) is 12.1. The summed E-state index contributed by atoms with van der Waals surface area (Å²) >= 11 is 0. The van der Waals surface area contributed by atoms with E-state index < -0.39 is 10.8 Å². The first kappa shape index (κ1) is 15.1. The van der Waals surface area contributed by atoms with Crippen molar-refractivity contribution in [2.45, 2.75) is 4.90 Å². The van der Waals surface area contributed by atoms with E-state index in [1.165, 1.54) is 0 Å². The Morgan fingerprint density at radius 2 is 1.96 bits per heavy atom. The maximum atomic E-state index is 12.3. The van der Waals surface area contributed by atoms with Crippen molar-refractivity contribution in [1.82, 2.24) is 14.8 Å². The van der Waals surface area contributed by atoms with E-state index in [1.807, 2.05) is 0 Å².